The molecule has 1 aromatic rings. The number of halogens is 1. The van der Waals surface area contributed by atoms with E-state index in [9.17, 15) is 0 Å². The van der Waals surface area contributed by atoms with E-state index < -0.39 is 0 Å². The molecule has 1 heterocycles. The first-order valence-electron chi connectivity index (χ1n) is 6.54. The summed E-state index contributed by atoms with van der Waals surface area (Å²) in [5, 5.41) is 0. The van der Waals surface area contributed by atoms with Crippen LogP contribution in [0.15, 0.2) is 12.1 Å². The normalized spacial score (nSPS) is 26.8. The number of hydrogen-bond acceptors (Lipinski definition) is 3. The molecule has 1 aromatic heterocycles. The molecule has 0 amide bonds. The monoisotopic (exact) mass is 313 g/mol. The highest BCUT2D eigenvalue weighted by molar-refractivity contribution is 9.09. The molecule has 1 saturated carbocycles. The molecular weight excluding hydrogens is 294 g/mol. The van der Waals surface area contributed by atoms with Crippen LogP contribution in [0.1, 0.15) is 31.7 Å². The van der Waals surface area contributed by atoms with Crippen LogP contribution in [0.25, 0.3) is 0 Å². The summed E-state index contributed by atoms with van der Waals surface area (Å²) in [6.45, 7) is 6.84. The molecule has 0 spiro atoms. The Morgan fingerprint density at radius 3 is 2.78 bits per heavy atom. The third kappa shape index (κ3) is 2.86. The molecule has 3 nitrogen and oxygen atoms in total. The molecule has 2 rings (SSSR count). The first-order valence-corrected chi connectivity index (χ1v) is 7.46. The molecule has 0 bridgehead atoms. The molecule has 4 heteroatoms. The number of ether oxygens (including phenoxy) is 2. The van der Waals surface area contributed by atoms with Crippen LogP contribution >= 0.6 is 15.9 Å². The molecule has 3 unspecified atom stereocenters. The van der Waals surface area contributed by atoms with E-state index in [4.69, 9.17) is 9.47 Å². The fourth-order valence-electron chi connectivity index (χ4n) is 2.17. The Kier molecular flexibility index (Phi) is 4.62. The van der Waals surface area contributed by atoms with Crippen molar-refractivity contribution in [1.29, 1.82) is 0 Å². The van der Waals surface area contributed by atoms with Gasteiger partial charge in [-0.05, 0) is 32.4 Å². The van der Waals surface area contributed by atoms with Gasteiger partial charge < -0.3 is 9.47 Å². The van der Waals surface area contributed by atoms with Gasteiger partial charge in [0.1, 0.15) is 18.0 Å². The molecular formula is C14H20BrNO2. The minimum absolute atomic E-state index is 0.143. The van der Waals surface area contributed by atoms with Crippen LogP contribution in [0.5, 0.6) is 5.75 Å². The maximum atomic E-state index is 6.05. The molecule has 0 aromatic carbocycles. The van der Waals surface area contributed by atoms with E-state index in [1.807, 2.05) is 26.0 Å². The van der Waals surface area contributed by atoms with Gasteiger partial charge in [0.05, 0.1) is 5.69 Å². The number of pyridine rings is 1. The van der Waals surface area contributed by atoms with Crippen molar-refractivity contribution in [2.45, 2.75) is 50.6 Å². The smallest absolute Gasteiger partial charge is 0.141 e. The van der Waals surface area contributed by atoms with Gasteiger partial charge in [-0.3, -0.25) is 4.98 Å². The van der Waals surface area contributed by atoms with Crippen molar-refractivity contribution in [3.05, 3.63) is 23.5 Å². The predicted molar refractivity (Wildman–Crippen MR) is 75.5 cm³/mol. The first-order chi connectivity index (χ1) is 8.65. The maximum absolute atomic E-state index is 6.05. The van der Waals surface area contributed by atoms with E-state index in [1.54, 1.807) is 0 Å². The fourth-order valence-corrected chi connectivity index (χ4v) is 3.03. The highest BCUT2D eigenvalue weighted by atomic mass is 79.9. The summed E-state index contributed by atoms with van der Waals surface area (Å²) >= 11 is 3.61. The topological polar surface area (TPSA) is 31.4 Å². The molecule has 0 N–H and O–H groups in total. The SMILES string of the molecule is CCOC1C(Br)CC1Oc1ccc(C)nc1CC. The Morgan fingerprint density at radius 1 is 1.39 bits per heavy atom. The zero-order chi connectivity index (χ0) is 13.1. The second kappa shape index (κ2) is 6.02. The first kappa shape index (κ1) is 13.8. The summed E-state index contributed by atoms with van der Waals surface area (Å²) < 4.78 is 11.7. The average Bonchev–Trinajstić information content (AvgIpc) is 2.37. The molecule has 1 aliphatic rings. The van der Waals surface area contributed by atoms with Crippen molar-refractivity contribution >= 4 is 15.9 Å². The second-order valence-corrected chi connectivity index (χ2v) is 5.76. The van der Waals surface area contributed by atoms with Crippen LogP contribution in [-0.2, 0) is 11.2 Å². The number of nitrogens with zero attached hydrogens (tertiary/aromatic N) is 1. The van der Waals surface area contributed by atoms with E-state index in [0.29, 0.717) is 4.83 Å². The molecule has 0 aliphatic heterocycles. The van der Waals surface area contributed by atoms with Gasteiger partial charge in [-0.2, -0.15) is 0 Å². The van der Waals surface area contributed by atoms with Crippen LogP contribution in [0.4, 0.5) is 0 Å². The highest BCUT2D eigenvalue weighted by Gasteiger charge is 2.42. The third-order valence-corrected chi connectivity index (χ3v) is 4.12. The summed E-state index contributed by atoms with van der Waals surface area (Å²) in [5.41, 5.74) is 2.07. The Labute approximate surface area is 117 Å². The van der Waals surface area contributed by atoms with Crippen molar-refractivity contribution < 1.29 is 9.47 Å². The number of aromatic nitrogens is 1. The van der Waals surface area contributed by atoms with Crippen molar-refractivity contribution in [2.75, 3.05) is 6.61 Å². The maximum Gasteiger partial charge on any atom is 0.141 e. The molecule has 1 fully saturated rings. The van der Waals surface area contributed by atoms with Crippen LogP contribution in [0.3, 0.4) is 0 Å². The number of hydrogen-bond donors (Lipinski definition) is 0. The van der Waals surface area contributed by atoms with Gasteiger partial charge in [-0.25, -0.2) is 0 Å². The van der Waals surface area contributed by atoms with E-state index in [-0.39, 0.29) is 12.2 Å². The van der Waals surface area contributed by atoms with E-state index >= 15 is 0 Å². The molecule has 1 aliphatic carbocycles. The van der Waals surface area contributed by atoms with Crippen LogP contribution in [0.2, 0.25) is 0 Å². The molecule has 3 atom stereocenters. The van der Waals surface area contributed by atoms with E-state index in [2.05, 4.69) is 27.8 Å². The van der Waals surface area contributed by atoms with Gasteiger partial charge in [-0.15, -0.1) is 0 Å². The van der Waals surface area contributed by atoms with Gasteiger partial charge in [0.15, 0.2) is 0 Å². The van der Waals surface area contributed by atoms with Gasteiger partial charge in [-0.1, -0.05) is 22.9 Å². The van der Waals surface area contributed by atoms with Gasteiger partial charge >= 0.3 is 0 Å². The van der Waals surface area contributed by atoms with E-state index in [0.717, 1.165) is 36.6 Å². The largest absolute Gasteiger partial charge is 0.486 e. The molecule has 100 valence electrons. The minimum atomic E-state index is 0.143. The van der Waals surface area contributed by atoms with Crippen molar-refractivity contribution in [3.63, 3.8) is 0 Å². The summed E-state index contributed by atoms with van der Waals surface area (Å²) in [6, 6.07) is 4.01. The molecule has 0 radical (unpaired) electrons. The Bertz CT molecular complexity index is 411. The Balaban J connectivity index is 2.05. The second-order valence-electron chi connectivity index (χ2n) is 4.58. The Hall–Kier alpha value is -0.610. The van der Waals surface area contributed by atoms with Crippen molar-refractivity contribution in [1.82, 2.24) is 4.98 Å². The summed E-state index contributed by atoms with van der Waals surface area (Å²) in [6.07, 6.45) is 2.17. The summed E-state index contributed by atoms with van der Waals surface area (Å²) in [7, 11) is 0. The van der Waals surface area contributed by atoms with Crippen LogP contribution in [0, 0.1) is 6.92 Å². The fraction of sp³-hybridized carbons (Fsp3) is 0.643. The lowest BCUT2D eigenvalue weighted by molar-refractivity contribution is -0.0727. The lowest BCUT2D eigenvalue weighted by Gasteiger charge is -2.40. The van der Waals surface area contributed by atoms with Crippen molar-refractivity contribution in [2.24, 2.45) is 0 Å². The van der Waals surface area contributed by atoms with Crippen LogP contribution in [-0.4, -0.2) is 28.6 Å². The molecule has 0 saturated heterocycles. The predicted octanol–water partition coefficient (Wildman–Crippen LogP) is 3.27. The van der Waals surface area contributed by atoms with Gasteiger partial charge in [0, 0.05) is 23.5 Å². The van der Waals surface area contributed by atoms with E-state index in [1.165, 1.54) is 0 Å². The lowest BCUT2D eigenvalue weighted by atomic mass is 9.91. The minimum Gasteiger partial charge on any atom is -0.486 e. The number of rotatable bonds is 5. The van der Waals surface area contributed by atoms with Gasteiger partial charge in [0.25, 0.3) is 0 Å². The lowest BCUT2D eigenvalue weighted by Crippen LogP contribution is -2.52. The zero-order valence-electron chi connectivity index (χ0n) is 11.1. The average molecular weight is 314 g/mol. The summed E-state index contributed by atoms with van der Waals surface area (Å²) in [4.78, 5) is 4.92. The van der Waals surface area contributed by atoms with Gasteiger partial charge in [0.2, 0.25) is 0 Å². The van der Waals surface area contributed by atoms with Crippen molar-refractivity contribution in [3.8, 4) is 5.75 Å². The quantitative estimate of drug-likeness (QED) is 0.782. The highest BCUT2D eigenvalue weighted by Crippen LogP contribution is 2.34. The molecule has 18 heavy (non-hydrogen) atoms. The third-order valence-electron chi connectivity index (χ3n) is 3.22. The Morgan fingerprint density at radius 2 is 2.17 bits per heavy atom. The number of aryl methyl sites for hydroxylation is 2. The van der Waals surface area contributed by atoms with Crippen LogP contribution < -0.4 is 4.74 Å². The number of alkyl halides is 1. The summed E-state index contributed by atoms with van der Waals surface area (Å²) in [5.74, 6) is 0.900. The zero-order valence-corrected chi connectivity index (χ0v) is 12.7. The standard InChI is InChI=1S/C14H20BrNO2/c1-4-11-12(7-6-9(3)16-11)18-13-8-10(15)14(13)17-5-2/h6-7,10,13-14H,4-5,8H2,1-3H3.